The van der Waals surface area contributed by atoms with Crippen LogP contribution in [0.15, 0.2) is 72.1 Å². The normalized spacial score (nSPS) is 14.2. The predicted molar refractivity (Wildman–Crippen MR) is 146 cm³/mol. The van der Waals surface area contributed by atoms with Crippen LogP contribution >= 0.6 is 0 Å². The quantitative estimate of drug-likeness (QED) is 0.253. The topological polar surface area (TPSA) is 113 Å². The molecule has 1 unspecified atom stereocenters. The first-order chi connectivity index (χ1) is 18.8. The van der Waals surface area contributed by atoms with Crippen molar-refractivity contribution in [2.24, 2.45) is 11.7 Å². The van der Waals surface area contributed by atoms with Gasteiger partial charge in [-0.2, -0.15) is 5.26 Å². The summed E-state index contributed by atoms with van der Waals surface area (Å²) in [4.78, 5) is 12.7. The zero-order valence-electron chi connectivity index (χ0n) is 22.5. The van der Waals surface area contributed by atoms with E-state index < -0.39 is 11.9 Å². The number of carbonyl (C=O) groups is 1. The highest BCUT2D eigenvalue weighted by Gasteiger charge is 2.32. The number of methoxy groups -OCH3 is 1. The van der Waals surface area contributed by atoms with Crippen molar-refractivity contribution in [2.75, 3.05) is 20.3 Å². The summed E-state index contributed by atoms with van der Waals surface area (Å²) in [7, 11) is 1.55. The molecule has 0 spiro atoms. The number of carbonyl (C=O) groups excluding carboxylic acids is 1. The minimum absolute atomic E-state index is 0.0103. The van der Waals surface area contributed by atoms with Gasteiger partial charge in [0.05, 0.1) is 31.8 Å². The van der Waals surface area contributed by atoms with Crippen molar-refractivity contribution in [1.29, 1.82) is 5.26 Å². The largest absolute Gasteiger partial charge is 0.497 e. The van der Waals surface area contributed by atoms with Crippen LogP contribution in [0.1, 0.15) is 54.6 Å². The van der Waals surface area contributed by atoms with E-state index >= 15 is 0 Å². The van der Waals surface area contributed by atoms with Crippen LogP contribution in [0, 0.1) is 17.2 Å². The lowest BCUT2D eigenvalue weighted by atomic mass is 9.83. The van der Waals surface area contributed by atoms with Crippen molar-refractivity contribution in [2.45, 2.75) is 33.1 Å². The summed E-state index contributed by atoms with van der Waals surface area (Å²) in [6.45, 7) is 7.22. The number of nitrogens with zero attached hydrogens (tertiary/aromatic N) is 1. The molecule has 1 atom stereocenters. The number of rotatable bonds is 10. The summed E-state index contributed by atoms with van der Waals surface area (Å²) in [6.07, 6.45) is 0.921. The van der Waals surface area contributed by atoms with Gasteiger partial charge >= 0.3 is 5.97 Å². The van der Waals surface area contributed by atoms with Crippen molar-refractivity contribution in [1.82, 2.24) is 0 Å². The van der Waals surface area contributed by atoms with Gasteiger partial charge in [-0.05, 0) is 67.3 Å². The fourth-order valence-electron chi connectivity index (χ4n) is 4.23. The van der Waals surface area contributed by atoms with Crippen molar-refractivity contribution >= 4 is 5.97 Å². The Bertz CT molecular complexity index is 1410. The molecule has 39 heavy (non-hydrogen) atoms. The number of nitrogens with two attached hydrogens (primary N) is 1. The fraction of sp³-hybridized carbons (Fsp3) is 0.290. The molecule has 8 nitrogen and oxygen atoms in total. The monoisotopic (exact) mass is 528 g/mol. The van der Waals surface area contributed by atoms with E-state index in [1.54, 1.807) is 49.6 Å². The standard InChI is InChI=1S/C31H32N2O6/c1-5-36-28-16-21(8-13-26(28)37-15-14-19(2)3)29-24-12-11-23(17-27(24)39-30(33)25(29)18-32)38-31(34)20-6-9-22(35-4)10-7-20/h6-13,16-17,19,29H,5,14-15,33H2,1-4H3. The van der Waals surface area contributed by atoms with Gasteiger partial charge in [0.1, 0.15) is 28.9 Å². The molecule has 3 aromatic carbocycles. The lowest BCUT2D eigenvalue weighted by molar-refractivity contribution is 0.0734. The lowest BCUT2D eigenvalue weighted by Gasteiger charge is -2.27. The maximum Gasteiger partial charge on any atom is 0.343 e. The van der Waals surface area contributed by atoms with E-state index in [1.807, 2.05) is 25.1 Å². The van der Waals surface area contributed by atoms with E-state index in [2.05, 4.69) is 19.9 Å². The average Bonchev–Trinajstić information content (AvgIpc) is 2.93. The Morgan fingerprint density at radius 3 is 2.44 bits per heavy atom. The Balaban J connectivity index is 1.64. The van der Waals surface area contributed by atoms with Crippen LogP contribution in [0.4, 0.5) is 0 Å². The van der Waals surface area contributed by atoms with Crippen LogP contribution in [-0.2, 0) is 0 Å². The highest BCUT2D eigenvalue weighted by atomic mass is 16.5. The number of allylic oxidation sites excluding steroid dienone is 1. The smallest absolute Gasteiger partial charge is 0.343 e. The molecule has 3 aromatic rings. The van der Waals surface area contributed by atoms with Gasteiger partial charge in [0, 0.05) is 11.6 Å². The van der Waals surface area contributed by atoms with E-state index in [-0.39, 0.29) is 17.2 Å². The van der Waals surface area contributed by atoms with Gasteiger partial charge in [-0.1, -0.05) is 26.0 Å². The average molecular weight is 529 g/mol. The number of nitriles is 1. The predicted octanol–water partition coefficient (Wildman–Crippen LogP) is 5.96. The number of esters is 1. The van der Waals surface area contributed by atoms with Gasteiger partial charge in [0.25, 0.3) is 0 Å². The van der Waals surface area contributed by atoms with Crippen LogP contribution < -0.4 is 29.4 Å². The molecule has 0 saturated carbocycles. The molecule has 2 N–H and O–H groups in total. The molecule has 202 valence electrons. The molecular weight excluding hydrogens is 496 g/mol. The third-order valence-electron chi connectivity index (χ3n) is 6.28. The van der Waals surface area contributed by atoms with Gasteiger partial charge in [0.2, 0.25) is 5.88 Å². The van der Waals surface area contributed by atoms with Crippen LogP contribution in [0.3, 0.4) is 0 Å². The Morgan fingerprint density at radius 2 is 1.77 bits per heavy atom. The second kappa shape index (κ2) is 12.3. The van der Waals surface area contributed by atoms with Crippen molar-refractivity contribution in [3.8, 4) is 34.8 Å². The first kappa shape index (κ1) is 27.4. The molecule has 1 heterocycles. The fourth-order valence-corrected chi connectivity index (χ4v) is 4.23. The highest BCUT2D eigenvalue weighted by molar-refractivity contribution is 5.91. The van der Waals surface area contributed by atoms with Crippen LogP contribution in [-0.4, -0.2) is 26.3 Å². The molecule has 1 aliphatic rings. The maximum atomic E-state index is 12.7. The molecule has 0 aromatic heterocycles. The zero-order chi connectivity index (χ0) is 27.9. The van der Waals surface area contributed by atoms with E-state index in [4.69, 9.17) is 29.4 Å². The minimum Gasteiger partial charge on any atom is -0.497 e. The molecule has 0 radical (unpaired) electrons. The number of hydrogen-bond acceptors (Lipinski definition) is 8. The molecule has 0 fully saturated rings. The third kappa shape index (κ3) is 6.27. The summed E-state index contributed by atoms with van der Waals surface area (Å²) < 4.78 is 28.4. The second-order valence-electron chi connectivity index (χ2n) is 9.41. The number of hydrogen-bond donors (Lipinski definition) is 1. The second-order valence-corrected chi connectivity index (χ2v) is 9.41. The third-order valence-corrected chi connectivity index (χ3v) is 6.28. The van der Waals surface area contributed by atoms with Gasteiger partial charge in [-0.15, -0.1) is 0 Å². The summed E-state index contributed by atoms with van der Waals surface area (Å²) in [6, 6.07) is 19.5. The molecule has 1 aliphatic heterocycles. The number of benzene rings is 3. The Morgan fingerprint density at radius 1 is 1.03 bits per heavy atom. The van der Waals surface area contributed by atoms with Crippen LogP contribution in [0.2, 0.25) is 0 Å². The van der Waals surface area contributed by atoms with Crippen LogP contribution in [0.25, 0.3) is 0 Å². The molecule has 4 rings (SSSR count). The summed E-state index contributed by atoms with van der Waals surface area (Å²) in [5.74, 6) is 2.02. The van der Waals surface area contributed by atoms with Crippen molar-refractivity contribution < 1.29 is 28.5 Å². The summed E-state index contributed by atoms with van der Waals surface area (Å²) in [5.41, 5.74) is 8.34. The molecule has 0 aliphatic carbocycles. The first-order valence-corrected chi connectivity index (χ1v) is 12.8. The summed E-state index contributed by atoms with van der Waals surface area (Å²) in [5, 5.41) is 9.95. The van der Waals surface area contributed by atoms with Crippen molar-refractivity contribution in [3.63, 3.8) is 0 Å². The maximum absolute atomic E-state index is 12.7. The summed E-state index contributed by atoms with van der Waals surface area (Å²) >= 11 is 0. The van der Waals surface area contributed by atoms with Gasteiger partial charge in [-0.3, -0.25) is 0 Å². The SMILES string of the molecule is CCOc1cc(C2C(C#N)=C(N)Oc3cc(OC(=O)c4ccc(OC)cc4)ccc32)ccc1OCCC(C)C. The number of fused-ring (bicyclic) bond motifs is 1. The Hall–Kier alpha value is -4.64. The number of ether oxygens (including phenoxy) is 5. The zero-order valence-corrected chi connectivity index (χ0v) is 22.5. The van der Waals surface area contributed by atoms with E-state index in [1.165, 1.54) is 0 Å². The van der Waals surface area contributed by atoms with Gasteiger partial charge in [-0.25, -0.2) is 4.79 Å². The molecule has 0 amide bonds. The molecule has 0 bridgehead atoms. The molecular formula is C31H32N2O6. The molecule has 0 saturated heterocycles. The van der Waals surface area contributed by atoms with Crippen molar-refractivity contribution in [3.05, 3.63) is 88.8 Å². The first-order valence-electron chi connectivity index (χ1n) is 12.8. The van der Waals surface area contributed by atoms with Gasteiger partial charge < -0.3 is 29.4 Å². The van der Waals surface area contributed by atoms with E-state index in [9.17, 15) is 10.1 Å². The highest BCUT2D eigenvalue weighted by Crippen LogP contribution is 2.45. The van der Waals surface area contributed by atoms with E-state index in [0.717, 1.165) is 12.0 Å². The van der Waals surface area contributed by atoms with Gasteiger partial charge in [0.15, 0.2) is 11.5 Å². The Labute approximate surface area is 228 Å². The Kier molecular flexibility index (Phi) is 8.62. The molecule has 8 heteroatoms. The minimum atomic E-state index is -0.527. The lowest BCUT2D eigenvalue weighted by Crippen LogP contribution is -2.21. The van der Waals surface area contributed by atoms with E-state index in [0.29, 0.717) is 53.3 Å². The van der Waals surface area contributed by atoms with Crippen LogP contribution in [0.5, 0.6) is 28.7 Å².